The van der Waals surface area contributed by atoms with E-state index in [4.69, 9.17) is 9.84 Å². The van der Waals surface area contributed by atoms with Crippen LogP contribution in [0.1, 0.15) is 33.1 Å². The Morgan fingerprint density at radius 1 is 1.50 bits per heavy atom. The normalized spacial score (nSPS) is 12.5. The summed E-state index contributed by atoms with van der Waals surface area (Å²) in [7, 11) is 0. The van der Waals surface area contributed by atoms with Crippen molar-refractivity contribution in [2.75, 3.05) is 19.7 Å². The maximum Gasteiger partial charge on any atom is 0.305 e. The molecule has 0 spiro atoms. The summed E-state index contributed by atoms with van der Waals surface area (Å²) in [6, 6.07) is 0. The van der Waals surface area contributed by atoms with Crippen molar-refractivity contribution in [3.05, 3.63) is 0 Å². The molecule has 0 aromatic rings. The van der Waals surface area contributed by atoms with Gasteiger partial charge in [-0.05, 0) is 39.8 Å². The molecule has 0 aromatic carbocycles. The molecule has 2 N–H and O–H groups in total. The number of ether oxygens (including phenoxy) is 1. The molecule has 84 valence electrons. The number of carbonyl (C=O) groups is 1. The van der Waals surface area contributed by atoms with Crippen LogP contribution in [0.3, 0.4) is 0 Å². The maximum absolute atomic E-state index is 10.9. The number of nitrogens with one attached hydrogen (secondary N) is 1. The van der Waals surface area contributed by atoms with Crippen molar-refractivity contribution in [1.29, 1.82) is 0 Å². The van der Waals surface area contributed by atoms with E-state index in [9.17, 15) is 4.79 Å². The topological polar surface area (TPSA) is 58.6 Å². The third kappa shape index (κ3) is 9.48. The third-order valence-corrected chi connectivity index (χ3v) is 1.78. The zero-order valence-electron chi connectivity index (χ0n) is 9.08. The molecule has 0 bridgehead atoms. The second kappa shape index (κ2) is 8.97. The SMILES string of the molecule is CCOC(=O)CCCNCCC(C)O. The van der Waals surface area contributed by atoms with Gasteiger partial charge in [-0.15, -0.1) is 0 Å². The predicted octanol–water partition coefficient (Wildman–Crippen LogP) is 0.690. The lowest BCUT2D eigenvalue weighted by atomic mass is 10.2. The van der Waals surface area contributed by atoms with Gasteiger partial charge in [0.25, 0.3) is 0 Å². The lowest BCUT2D eigenvalue weighted by Crippen LogP contribution is -2.21. The van der Waals surface area contributed by atoms with Crippen LogP contribution in [0.4, 0.5) is 0 Å². The number of aliphatic hydroxyl groups excluding tert-OH is 1. The molecule has 0 aliphatic heterocycles. The molecule has 0 aliphatic carbocycles. The van der Waals surface area contributed by atoms with Crippen molar-refractivity contribution in [3.63, 3.8) is 0 Å². The van der Waals surface area contributed by atoms with Gasteiger partial charge in [0.1, 0.15) is 0 Å². The van der Waals surface area contributed by atoms with Crippen LogP contribution in [-0.4, -0.2) is 36.9 Å². The van der Waals surface area contributed by atoms with E-state index in [-0.39, 0.29) is 12.1 Å². The van der Waals surface area contributed by atoms with Crippen LogP contribution < -0.4 is 5.32 Å². The first kappa shape index (κ1) is 13.4. The first-order valence-electron chi connectivity index (χ1n) is 5.21. The zero-order chi connectivity index (χ0) is 10.8. The van der Waals surface area contributed by atoms with Gasteiger partial charge in [0, 0.05) is 6.42 Å². The van der Waals surface area contributed by atoms with Crippen LogP contribution in [0, 0.1) is 0 Å². The number of hydrogen-bond donors (Lipinski definition) is 2. The molecule has 4 nitrogen and oxygen atoms in total. The Hall–Kier alpha value is -0.610. The number of rotatable bonds is 8. The summed E-state index contributed by atoms with van der Waals surface area (Å²) in [5, 5.41) is 12.1. The van der Waals surface area contributed by atoms with Crippen LogP contribution in [0.5, 0.6) is 0 Å². The molecule has 0 heterocycles. The number of esters is 1. The summed E-state index contributed by atoms with van der Waals surface area (Å²) < 4.78 is 4.78. The van der Waals surface area contributed by atoms with Gasteiger partial charge < -0.3 is 15.2 Å². The molecule has 4 heteroatoms. The first-order valence-corrected chi connectivity index (χ1v) is 5.21. The third-order valence-electron chi connectivity index (χ3n) is 1.78. The Kier molecular flexibility index (Phi) is 8.57. The van der Waals surface area contributed by atoms with Crippen LogP contribution in [0.15, 0.2) is 0 Å². The average Bonchev–Trinajstić information content (AvgIpc) is 2.11. The molecular formula is C10H21NO3. The largest absolute Gasteiger partial charge is 0.466 e. The molecule has 0 aromatic heterocycles. The molecule has 0 rings (SSSR count). The van der Waals surface area contributed by atoms with Crippen molar-refractivity contribution in [2.45, 2.75) is 39.2 Å². The standard InChI is InChI=1S/C10H21NO3/c1-3-14-10(13)5-4-7-11-8-6-9(2)12/h9,11-12H,3-8H2,1-2H3. The molecule has 0 aliphatic rings. The lowest BCUT2D eigenvalue weighted by Gasteiger charge is -2.06. The van der Waals surface area contributed by atoms with Crippen molar-refractivity contribution in [2.24, 2.45) is 0 Å². The van der Waals surface area contributed by atoms with Crippen LogP contribution in [0.25, 0.3) is 0 Å². The summed E-state index contributed by atoms with van der Waals surface area (Å²) >= 11 is 0. The van der Waals surface area contributed by atoms with E-state index in [2.05, 4.69) is 5.32 Å². The van der Waals surface area contributed by atoms with Crippen molar-refractivity contribution in [1.82, 2.24) is 5.32 Å². The second-order valence-corrected chi connectivity index (χ2v) is 3.30. The average molecular weight is 203 g/mol. The lowest BCUT2D eigenvalue weighted by molar-refractivity contribution is -0.143. The molecule has 1 atom stereocenters. The molecule has 0 saturated heterocycles. The van der Waals surface area contributed by atoms with E-state index in [1.165, 1.54) is 0 Å². The maximum atomic E-state index is 10.9. The Morgan fingerprint density at radius 2 is 2.21 bits per heavy atom. The minimum Gasteiger partial charge on any atom is -0.466 e. The Balaban J connectivity index is 3.09. The van der Waals surface area contributed by atoms with Crippen LogP contribution in [-0.2, 0) is 9.53 Å². The monoisotopic (exact) mass is 203 g/mol. The summed E-state index contributed by atoms with van der Waals surface area (Å²) in [5.41, 5.74) is 0. The molecule has 14 heavy (non-hydrogen) atoms. The van der Waals surface area contributed by atoms with Gasteiger partial charge >= 0.3 is 5.97 Å². The van der Waals surface area contributed by atoms with Crippen molar-refractivity contribution < 1.29 is 14.6 Å². The van der Waals surface area contributed by atoms with Crippen LogP contribution in [0.2, 0.25) is 0 Å². The van der Waals surface area contributed by atoms with E-state index in [1.54, 1.807) is 13.8 Å². The van der Waals surface area contributed by atoms with Gasteiger partial charge in [0.05, 0.1) is 12.7 Å². The fraction of sp³-hybridized carbons (Fsp3) is 0.900. The minimum absolute atomic E-state index is 0.134. The van der Waals surface area contributed by atoms with E-state index in [1.807, 2.05) is 0 Å². The smallest absolute Gasteiger partial charge is 0.305 e. The highest BCUT2D eigenvalue weighted by molar-refractivity contribution is 5.69. The highest BCUT2D eigenvalue weighted by Crippen LogP contribution is 1.92. The quantitative estimate of drug-likeness (QED) is 0.450. The van der Waals surface area contributed by atoms with Gasteiger partial charge in [-0.25, -0.2) is 0 Å². The Bertz CT molecular complexity index is 148. The number of carbonyl (C=O) groups excluding carboxylic acids is 1. The van der Waals surface area contributed by atoms with E-state index >= 15 is 0 Å². The van der Waals surface area contributed by atoms with Gasteiger partial charge in [-0.3, -0.25) is 4.79 Å². The molecule has 0 radical (unpaired) electrons. The number of aliphatic hydroxyl groups is 1. The Labute approximate surface area is 85.6 Å². The Morgan fingerprint density at radius 3 is 2.79 bits per heavy atom. The predicted molar refractivity (Wildman–Crippen MR) is 55.0 cm³/mol. The molecule has 0 fully saturated rings. The second-order valence-electron chi connectivity index (χ2n) is 3.30. The summed E-state index contributed by atoms with van der Waals surface area (Å²) in [5.74, 6) is -0.134. The van der Waals surface area contributed by atoms with Crippen molar-refractivity contribution in [3.8, 4) is 0 Å². The van der Waals surface area contributed by atoms with Crippen molar-refractivity contribution >= 4 is 5.97 Å². The highest BCUT2D eigenvalue weighted by atomic mass is 16.5. The summed E-state index contributed by atoms with van der Waals surface area (Å²) in [4.78, 5) is 10.9. The van der Waals surface area contributed by atoms with Gasteiger partial charge in [-0.1, -0.05) is 0 Å². The van der Waals surface area contributed by atoms with Gasteiger partial charge in [0.15, 0.2) is 0 Å². The molecule has 1 unspecified atom stereocenters. The minimum atomic E-state index is -0.257. The van der Waals surface area contributed by atoms with Gasteiger partial charge in [-0.2, -0.15) is 0 Å². The fourth-order valence-corrected chi connectivity index (χ4v) is 1.03. The summed E-state index contributed by atoms with van der Waals surface area (Å²) in [6.07, 6.45) is 1.75. The fourth-order valence-electron chi connectivity index (χ4n) is 1.03. The van der Waals surface area contributed by atoms with Gasteiger partial charge in [0.2, 0.25) is 0 Å². The summed E-state index contributed by atoms with van der Waals surface area (Å²) in [6.45, 7) is 5.61. The van der Waals surface area contributed by atoms with E-state index in [0.717, 1.165) is 25.9 Å². The molecule has 0 amide bonds. The molecule has 0 saturated carbocycles. The molecular weight excluding hydrogens is 182 g/mol. The number of hydrogen-bond acceptors (Lipinski definition) is 4. The zero-order valence-corrected chi connectivity index (χ0v) is 9.08. The highest BCUT2D eigenvalue weighted by Gasteiger charge is 2.00. The van der Waals surface area contributed by atoms with Crippen LogP contribution >= 0.6 is 0 Å². The first-order chi connectivity index (χ1) is 6.66. The van der Waals surface area contributed by atoms with E-state index < -0.39 is 0 Å². The van der Waals surface area contributed by atoms with E-state index in [0.29, 0.717) is 13.0 Å².